The summed E-state index contributed by atoms with van der Waals surface area (Å²) in [5, 5.41) is 0. The van der Waals surface area contributed by atoms with Crippen molar-refractivity contribution in [2.45, 2.75) is 686 Å². The van der Waals surface area contributed by atoms with E-state index in [1.165, 1.54) is 651 Å². The maximum atomic E-state index is 9.82. The molecule has 0 aromatic heterocycles. The first-order valence-corrected chi connectivity index (χ1v) is 57.5. The second-order valence-electron chi connectivity index (χ2n) is 38.6. The van der Waals surface area contributed by atoms with Crippen molar-refractivity contribution in [3.63, 3.8) is 0 Å². The summed E-state index contributed by atoms with van der Waals surface area (Å²) >= 11 is 0. The zero-order chi connectivity index (χ0) is 92.8. The molecule has 16 aliphatic rings. The zero-order valence-electron chi connectivity index (χ0n) is 88.0. The van der Waals surface area contributed by atoms with Crippen LogP contribution in [0.2, 0.25) is 0 Å². The van der Waals surface area contributed by atoms with Crippen LogP contribution in [0.4, 0.5) is 0 Å². The molecule has 0 bridgehead atoms. The van der Waals surface area contributed by atoms with Crippen LogP contribution >= 0.6 is 0 Å². The predicted molar refractivity (Wildman–Crippen MR) is 555 cm³/mol. The Labute approximate surface area is 791 Å². The van der Waals surface area contributed by atoms with Crippen LogP contribution in [-0.4, -0.2) is 62.9 Å². The first-order valence-electron chi connectivity index (χ1n) is 57.5. The fraction of sp³-hybridized carbons (Fsp3) is 0.957. The maximum absolute atomic E-state index is 9.82. The molecule has 756 valence electrons. The molecule has 0 spiro atoms. The van der Waals surface area contributed by atoms with Crippen molar-refractivity contribution in [3.05, 3.63) is 0 Å². The molecule has 126 heavy (non-hydrogen) atoms. The van der Waals surface area contributed by atoms with Crippen LogP contribution in [0.1, 0.15) is 686 Å². The Morgan fingerprint density at radius 1 is 0.103 bits per heavy atom. The number of carbonyl (C=O) groups is 5. The highest BCUT2D eigenvalue weighted by Crippen LogP contribution is 2.24. The van der Waals surface area contributed by atoms with Crippen LogP contribution in [0.25, 0.3) is 0 Å². The van der Waals surface area contributed by atoms with Gasteiger partial charge in [0.2, 0.25) is 0 Å². The molecule has 10 heteroatoms. The molecule has 0 aromatic rings. The van der Waals surface area contributed by atoms with E-state index in [9.17, 15) is 24.0 Å². The SMILES string of the molecule is C1CCCCC1.C1CCCCC1.C1CCCCC1.C1CCCCC1.C1CCCCC1.C1CCCCC1.C1CCCCC1.C1CCCCC1.C1CCCCC1.C1CCCCC1.C1CCCCC1.C1CCCCC1.C1CCCCC1.C1CCCCC1.C1CCCCC1.C1CCCCC1.CCOC(C)=O.CCOC(C)=O.CCOC(C)=O.CCOC(C)=O.CCOC(C)=O. The molecule has 10 nitrogen and oxygen atoms in total. The molecule has 0 saturated heterocycles. The molecule has 0 N–H and O–H groups in total. The van der Waals surface area contributed by atoms with E-state index in [0.29, 0.717) is 33.0 Å². The summed E-state index contributed by atoms with van der Waals surface area (Å²) in [6.07, 6.45) is 144. The average molecular weight is 1790 g/mol. The van der Waals surface area contributed by atoms with Crippen molar-refractivity contribution in [1.29, 1.82) is 0 Å². The summed E-state index contributed by atoms with van der Waals surface area (Å²) in [6, 6.07) is 0. The Bertz CT molecular complexity index is 1230. The Balaban J connectivity index is -0.000000407. The fourth-order valence-corrected chi connectivity index (χ4v) is 18.0. The lowest BCUT2D eigenvalue weighted by Crippen LogP contribution is -1.95. The third-order valence-corrected chi connectivity index (χ3v) is 25.7. The molecular weight excluding hydrogens is 1550 g/mol. The largest absolute Gasteiger partial charge is 0.466 e. The van der Waals surface area contributed by atoms with E-state index in [-0.39, 0.29) is 29.8 Å². The van der Waals surface area contributed by atoms with Crippen LogP contribution < -0.4 is 0 Å². The molecule has 16 aliphatic carbocycles. The molecular formula is C116H232O10. The van der Waals surface area contributed by atoms with Gasteiger partial charge < -0.3 is 23.7 Å². The molecule has 16 saturated carbocycles. The predicted octanol–water partition coefficient (Wildman–Crippen LogP) is 40.3. The number of ether oxygens (including phenoxy) is 5. The highest BCUT2D eigenvalue weighted by atomic mass is 16.5. The molecule has 0 unspecified atom stereocenters. The van der Waals surface area contributed by atoms with Gasteiger partial charge in [0.1, 0.15) is 0 Å². The smallest absolute Gasteiger partial charge is 0.302 e. The van der Waals surface area contributed by atoms with E-state index < -0.39 is 0 Å². The molecule has 0 atom stereocenters. The van der Waals surface area contributed by atoms with Crippen LogP contribution in [0.3, 0.4) is 0 Å². The van der Waals surface area contributed by atoms with E-state index >= 15 is 0 Å². The highest BCUT2D eigenvalue weighted by molar-refractivity contribution is 5.67. The molecule has 16 rings (SSSR count). The normalized spacial score (nSPS) is 20.1. The molecule has 0 heterocycles. The quantitative estimate of drug-likeness (QED) is 0.194. The van der Waals surface area contributed by atoms with Gasteiger partial charge in [0.05, 0.1) is 33.0 Å². The lowest BCUT2D eigenvalue weighted by atomic mass is 10.0. The van der Waals surface area contributed by atoms with Gasteiger partial charge in [-0.15, -0.1) is 0 Å². The first kappa shape index (κ1) is 132. The van der Waals surface area contributed by atoms with Crippen molar-refractivity contribution in [1.82, 2.24) is 0 Å². The minimum atomic E-state index is -0.211. The number of esters is 5. The third-order valence-electron chi connectivity index (χ3n) is 25.7. The van der Waals surface area contributed by atoms with Gasteiger partial charge in [-0.3, -0.25) is 24.0 Å². The van der Waals surface area contributed by atoms with Crippen molar-refractivity contribution in [2.24, 2.45) is 0 Å². The Morgan fingerprint density at radius 3 is 0.143 bits per heavy atom. The number of hydrogen-bond acceptors (Lipinski definition) is 10. The van der Waals surface area contributed by atoms with Gasteiger partial charge in [-0.1, -0.05) is 616 Å². The molecule has 0 aliphatic heterocycles. The molecule has 0 amide bonds. The fourth-order valence-electron chi connectivity index (χ4n) is 18.0. The van der Waals surface area contributed by atoms with Gasteiger partial charge >= 0.3 is 29.8 Å². The first-order chi connectivity index (χ1) is 61.9. The summed E-state index contributed by atoms with van der Waals surface area (Å²) < 4.78 is 22.0. The molecule has 16 fully saturated rings. The summed E-state index contributed by atoms with van der Waals surface area (Å²) in [6.45, 7) is 18.3. The Morgan fingerprint density at radius 2 is 0.135 bits per heavy atom. The van der Waals surface area contributed by atoms with Crippen LogP contribution in [0.5, 0.6) is 0 Å². The Kier molecular flexibility index (Phi) is 135. The van der Waals surface area contributed by atoms with Crippen LogP contribution in [0, 0.1) is 0 Å². The van der Waals surface area contributed by atoms with E-state index in [4.69, 9.17) is 0 Å². The molecule has 0 aromatic carbocycles. The van der Waals surface area contributed by atoms with Gasteiger partial charge in [-0.25, -0.2) is 0 Å². The lowest BCUT2D eigenvalue weighted by molar-refractivity contribution is -0.141. The van der Waals surface area contributed by atoms with Crippen molar-refractivity contribution in [2.75, 3.05) is 33.0 Å². The summed E-state index contributed by atoms with van der Waals surface area (Å²) in [4.78, 5) is 49.1. The van der Waals surface area contributed by atoms with Crippen molar-refractivity contribution >= 4 is 29.8 Å². The van der Waals surface area contributed by atoms with Crippen molar-refractivity contribution < 1.29 is 47.7 Å². The summed E-state index contributed by atoms with van der Waals surface area (Å²) in [5.41, 5.74) is 0. The summed E-state index contributed by atoms with van der Waals surface area (Å²) in [5.74, 6) is -1.05. The van der Waals surface area contributed by atoms with E-state index in [2.05, 4.69) is 23.7 Å². The van der Waals surface area contributed by atoms with Crippen LogP contribution in [0.15, 0.2) is 0 Å². The second-order valence-corrected chi connectivity index (χ2v) is 38.6. The minimum Gasteiger partial charge on any atom is -0.466 e. The van der Waals surface area contributed by atoms with Crippen LogP contribution in [-0.2, 0) is 47.7 Å². The second kappa shape index (κ2) is 129. The van der Waals surface area contributed by atoms with Gasteiger partial charge in [0, 0.05) is 34.6 Å². The number of carbonyl (C=O) groups excluding carboxylic acids is 5. The minimum absolute atomic E-state index is 0.211. The van der Waals surface area contributed by atoms with Gasteiger partial charge in [0.25, 0.3) is 0 Å². The summed E-state index contributed by atoms with van der Waals surface area (Å²) in [7, 11) is 0. The van der Waals surface area contributed by atoms with E-state index in [1.807, 2.05) is 0 Å². The monoisotopic (exact) mass is 1790 g/mol. The zero-order valence-corrected chi connectivity index (χ0v) is 88.0. The topological polar surface area (TPSA) is 132 Å². The lowest BCUT2D eigenvalue weighted by Gasteiger charge is -2.05. The standard InChI is InChI=1S/16C6H12.5C4H8O2/c16*1-2-4-6-5-3-1;5*1-3-6-4(2)5/h16*1-6H2;5*3H2,1-2H3. The van der Waals surface area contributed by atoms with Gasteiger partial charge in [-0.05, 0) is 34.6 Å². The van der Waals surface area contributed by atoms with Gasteiger partial charge in [0.15, 0.2) is 0 Å². The van der Waals surface area contributed by atoms with E-state index in [0.717, 1.165) is 0 Å². The number of rotatable bonds is 5. The maximum Gasteiger partial charge on any atom is 0.302 e. The molecule has 0 radical (unpaired) electrons. The number of hydrogen-bond donors (Lipinski definition) is 0. The Hall–Kier alpha value is -2.65. The highest BCUT2D eigenvalue weighted by Gasteiger charge is 2.05. The average Bonchev–Trinajstić information content (AvgIpc) is 1.18. The third kappa shape index (κ3) is 150. The van der Waals surface area contributed by atoms with Crippen molar-refractivity contribution in [3.8, 4) is 0 Å². The van der Waals surface area contributed by atoms with Gasteiger partial charge in [-0.2, -0.15) is 0 Å². The van der Waals surface area contributed by atoms with E-state index in [1.54, 1.807) is 34.6 Å².